The highest BCUT2D eigenvalue weighted by Gasteiger charge is 2.19. The Hall–Kier alpha value is -1.75. The van der Waals surface area contributed by atoms with Crippen molar-refractivity contribution in [1.29, 1.82) is 0 Å². The summed E-state index contributed by atoms with van der Waals surface area (Å²) in [5.74, 6) is -2.04. The summed E-state index contributed by atoms with van der Waals surface area (Å²) >= 11 is 5.71. The van der Waals surface area contributed by atoms with Gasteiger partial charge in [-0.3, -0.25) is 0 Å². The predicted octanol–water partition coefficient (Wildman–Crippen LogP) is 1.55. The maximum Gasteiger partial charge on any atom is 0.344 e. The number of benzene rings is 1. The number of esters is 1. The second-order valence-electron chi connectivity index (χ2n) is 3.09. The Morgan fingerprint density at radius 2 is 2.12 bits per heavy atom. The van der Waals surface area contributed by atoms with Crippen molar-refractivity contribution in [2.45, 2.75) is 13.0 Å². The number of anilines is 1. The summed E-state index contributed by atoms with van der Waals surface area (Å²) in [6, 6.07) is 4.47. The van der Waals surface area contributed by atoms with Crippen molar-refractivity contribution in [1.82, 2.24) is 0 Å². The SMILES string of the molecule is CC(OC(=O)c1cccc(Cl)c1N)C(=O)O. The fraction of sp³-hybridized carbons (Fsp3) is 0.200. The van der Waals surface area contributed by atoms with Crippen LogP contribution in [0.4, 0.5) is 5.69 Å². The zero-order valence-corrected chi connectivity index (χ0v) is 9.19. The Kier molecular flexibility index (Phi) is 3.73. The topological polar surface area (TPSA) is 89.6 Å². The van der Waals surface area contributed by atoms with E-state index in [-0.39, 0.29) is 16.3 Å². The summed E-state index contributed by atoms with van der Waals surface area (Å²) in [5.41, 5.74) is 5.69. The van der Waals surface area contributed by atoms with Gasteiger partial charge in [-0.15, -0.1) is 0 Å². The number of carbonyl (C=O) groups is 2. The van der Waals surface area contributed by atoms with Gasteiger partial charge in [-0.1, -0.05) is 17.7 Å². The van der Waals surface area contributed by atoms with Gasteiger partial charge < -0.3 is 15.6 Å². The molecule has 1 rings (SSSR count). The molecular formula is C10H10ClNO4. The second-order valence-corrected chi connectivity index (χ2v) is 3.49. The van der Waals surface area contributed by atoms with E-state index in [1.54, 1.807) is 0 Å². The zero-order valence-electron chi connectivity index (χ0n) is 8.44. The minimum absolute atomic E-state index is 0.0561. The summed E-state index contributed by atoms with van der Waals surface area (Å²) in [6.07, 6.45) is -1.23. The number of hydrogen-bond donors (Lipinski definition) is 2. The molecule has 0 heterocycles. The van der Waals surface area contributed by atoms with Gasteiger partial charge in [0.15, 0.2) is 6.10 Å². The van der Waals surface area contributed by atoms with E-state index in [1.807, 2.05) is 0 Å². The van der Waals surface area contributed by atoms with Gasteiger partial charge in [0.05, 0.1) is 16.3 Å². The molecule has 6 heteroatoms. The molecule has 0 amide bonds. The van der Waals surface area contributed by atoms with Crippen LogP contribution in [-0.2, 0) is 9.53 Å². The third kappa shape index (κ3) is 2.64. The number of hydrogen-bond acceptors (Lipinski definition) is 4. The van der Waals surface area contributed by atoms with Crippen molar-refractivity contribution in [2.75, 3.05) is 5.73 Å². The molecule has 5 nitrogen and oxygen atoms in total. The minimum Gasteiger partial charge on any atom is -0.479 e. The van der Waals surface area contributed by atoms with Gasteiger partial charge in [0, 0.05) is 0 Å². The molecule has 1 aromatic carbocycles. The first-order chi connectivity index (χ1) is 7.43. The number of halogens is 1. The number of nitrogens with two attached hydrogens (primary N) is 1. The van der Waals surface area contributed by atoms with Crippen LogP contribution in [0.15, 0.2) is 18.2 Å². The molecule has 86 valence electrons. The number of nitrogen functional groups attached to an aromatic ring is 1. The standard InChI is InChI=1S/C10H10ClNO4/c1-5(9(13)14)16-10(15)6-3-2-4-7(11)8(6)12/h2-5H,12H2,1H3,(H,13,14). The smallest absolute Gasteiger partial charge is 0.344 e. The number of carboxylic acids is 1. The zero-order chi connectivity index (χ0) is 12.3. The van der Waals surface area contributed by atoms with Crippen LogP contribution in [0.1, 0.15) is 17.3 Å². The highest BCUT2D eigenvalue weighted by Crippen LogP contribution is 2.23. The molecule has 1 unspecified atom stereocenters. The largest absolute Gasteiger partial charge is 0.479 e. The molecule has 0 fully saturated rings. The summed E-state index contributed by atoms with van der Waals surface area (Å²) in [6.45, 7) is 1.25. The normalized spacial score (nSPS) is 11.9. The third-order valence-electron chi connectivity index (χ3n) is 1.90. The van der Waals surface area contributed by atoms with Crippen molar-refractivity contribution < 1.29 is 19.4 Å². The van der Waals surface area contributed by atoms with Gasteiger partial charge in [-0.05, 0) is 19.1 Å². The van der Waals surface area contributed by atoms with E-state index in [9.17, 15) is 9.59 Å². The maximum absolute atomic E-state index is 11.5. The van der Waals surface area contributed by atoms with Crippen LogP contribution in [-0.4, -0.2) is 23.1 Å². The molecule has 0 aliphatic rings. The first-order valence-electron chi connectivity index (χ1n) is 4.41. The monoisotopic (exact) mass is 243 g/mol. The molecule has 0 bridgehead atoms. The van der Waals surface area contributed by atoms with Gasteiger partial charge in [-0.2, -0.15) is 0 Å². The molecule has 1 aromatic rings. The number of carboxylic acid groups (broad SMARTS) is 1. The first-order valence-corrected chi connectivity index (χ1v) is 4.79. The van der Waals surface area contributed by atoms with Crippen LogP contribution in [0, 0.1) is 0 Å². The molecule has 0 aliphatic carbocycles. The average Bonchev–Trinajstić information content (AvgIpc) is 2.21. The summed E-state index contributed by atoms with van der Waals surface area (Å²) in [4.78, 5) is 22.0. The Morgan fingerprint density at radius 1 is 1.50 bits per heavy atom. The lowest BCUT2D eigenvalue weighted by Crippen LogP contribution is -2.24. The Balaban J connectivity index is 2.89. The number of rotatable bonds is 3. The number of ether oxygens (including phenoxy) is 1. The average molecular weight is 244 g/mol. The minimum atomic E-state index is -1.23. The maximum atomic E-state index is 11.5. The van der Waals surface area contributed by atoms with E-state index in [0.717, 1.165) is 0 Å². The predicted molar refractivity (Wildman–Crippen MR) is 58.4 cm³/mol. The van der Waals surface area contributed by atoms with Gasteiger partial charge in [0.25, 0.3) is 0 Å². The Bertz CT molecular complexity index is 433. The molecule has 0 aliphatic heterocycles. The van der Waals surface area contributed by atoms with E-state index in [2.05, 4.69) is 4.74 Å². The molecular weight excluding hydrogens is 234 g/mol. The van der Waals surface area contributed by atoms with Crippen molar-refractivity contribution in [2.24, 2.45) is 0 Å². The van der Waals surface area contributed by atoms with Crippen LogP contribution in [0.2, 0.25) is 5.02 Å². The van der Waals surface area contributed by atoms with Gasteiger partial charge in [0.1, 0.15) is 0 Å². The van der Waals surface area contributed by atoms with Gasteiger partial charge in [0.2, 0.25) is 0 Å². The van der Waals surface area contributed by atoms with Crippen molar-refractivity contribution in [3.8, 4) is 0 Å². The van der Waals surface area contributed by atoms with Gasteiger partial charge in [-0.25, -0.2) is 9.59 Å². The van der Waals surface area contributed by atoms with Gasteiger partial charge >= 0.3 is 11.9 Å². The number of aliphatic carboxylic acids is 1. The van der Waals surface area contributed by atoms with E-state index >= 15 is 0 Å². The Morgan fingerprint density at radius 3 is 2.69 bits per heavy atom. The lowest BCUT2D eigenvalue weighted by molar-refractivity contribution is -0.146. The van der Waals surface area contributed by atoms with E-state index in [1.165, 1.54) is 25.1 Å². The fourth-order valence-electron chi connectivity index (χ4n) is 0.989. The lowest BCUT2D eigenvalue weighted by Gasteiger charge is -2.10. The highest BCUT2D eigenvalue weighted by atomic mass is 35.5. The first kappa shape index (κ1) is 12.3. The van der Waals surface area contributed by atoms with Crippen LogP contribution in [0.3, 0.4) is 0 Å². The molecule has 0 radical (unpaired) electrons. The van der Waals surface area contributed by atoms with Crippen molar-refractivity contribution in [3.05, 3.63) is 28.8 Å². The summed E-state index contributed by atoms with van der Waals surface area (Å²) in [7, 11) is 0. The second kappa shape index (κ2) is 4.85. The summed E-state index contributed by atoms with van der Waals surface area (Å²) in [5, 5.41) is 8.79. The summed E-state index contributed by atoms with van der Waals surface area (Å²) < 4.78 is 4.66. The Labute approximate surface area is 96.8 Å². The molecule has 0 saturated carbocycles. The van der Waals surface area contributed by atoms with Crippen LogP contribution < -0.4 is 5.73 Å². The third-order valence-corrected chi connectivity index (χ3v) is 2.23. The molecule has 0 spiro atoms. The van der Waals surface area contributed by atoms with Crippen LogP contribution in [0.25, 0.3) is 0 Å². The molecule has 0 aromatic heterocycles. The molecule has 0 saturated heterocycles. The molecule has 1 atom stereocenters. The quantitative estimate of drug-likeness (QED) is 0.621. The molecule has 16 heavy (non-hydrogen) atoms. The fourth-order valence-corrected chi connectivity index (χ4v) is 1.16. The van der Waals surface area contributed by atoms with E-state index < -0.39 is 18.0 Å². The lowest BCUT2D eigenvalue weighted by atomic mass is 10.2. The number of para-hydroxylation sites is 1. The highest BCUT2D eigenvalue weighted by molar-refractivity contribution is 6.33. The van der Waals surface area contributed by atoms with Crippen molar-refractivity contribution in [3.63, 3.8) is 0 Å². The van der Waals surface area contributed by atoms with Crippen molar-refractivity contribution >= 4 is 29.2 Å². The number of carbonyl (C=O) groups excluding carboxylic acids is 1. The van der Waals surface area contributed by atoms with Crippen LogP contribution in [0.5, 0.6) is 0 Å². The van der Waals surface area contributed by atoms with E-state index in [4.69, 9.17) is 22.4 Å². The van der Waals surface area contributed by atoms with Crippen LogP contribution >= 0.6 is 11.6 Å². The molecule has 3 N–H and O–H groups in total. The van der Waals surface area contributed by atoms with E-state index in [0.29, 0.717) is 0 Å².